The molecule has 0 saturated carbocycles. The first-order valence-electron chi connectivity index (χ1n) is 7.39. The molecule has 0 N–H and O–H groups in total. The van der Waals surface area contributed by atoms with E-state index >= 15 is 0 Å². The normalized spacial score (nSPS) is 10.5. The minimum Gasteiger partial charge on any atom is -0.460 e. The van der Waals surface area contributed by atoms with Crippen LogP contribution in [0.4, 0.5) is 0 Å². The summed E-state index contributed by atoms with van der Waals surface area (Å²) in [6.45, 7) is 6.82. The number of ether oxygens (including phenoxy) is 4. The van der Waals surface area contributed by atoms with Gasteiger partial charge in [0.25, 0.3) is 0 Å². The molecule has 0 aromatic rings. The molecule has 0 aromatic heterocycles. The summed E-state index contributed by atoms with van der Waals surface area (Å²) in [5.74, 6) is 0.308. The van der Waals surface area contributed by atoms with Crippen LogP contribution < -0.4 is 0 Å². The first-order valence-corrected chi connectivity index (χ1v) is 7.93. The van der Waals surface area contributed by atoms with Crippen molar-refractivity contribution in [1.82, 2.24) is 0 Å². The van der Waals surface area contributed by atoms with Crippen molar-refractivity contribution in [2.24, 2.45) is 0 Å². The van der Waals surface area contributed by atoms with Gasteiger partial charge in [-0.1, -0.05) is 19.4 Å². The summed E-state index contributed by atoms with van der Waals surface area (Å²) in [5.41, 5.74) is 0. The van der Waals surface area contributed by atoms with Gasteiger partial charge in [0.1, 0.15) is 6.61 Å². The van der Waals surface area contributed by atoms with Crippen LogP contribution in [0, 0.1) is 0 Å². The number of carbonyl (C=O) groups is 1. The second-order valence-electron chi connectivity index (χ2n) is 4.31. The highest BCUT2D eigenvalue weighted by atomic mass is 35.5. The molecule has 6 heteroatoms. The minimum absolute atomic E-state index is 0.234. The van der Waals surface area contributed by atoms with Gasteiger partial charge in [0, 0.05) is 18.6 Å². The average Bonchev–Trinajstić information content (AvgIpc) is 2.50. The number of carbonyl (C=O) groups excluding carboxylic acids is 1. The van der Waals surface area contributed by atoms with E-state index in [-0.39, 0.29) is 6.61 Å². The third-order valence-electron chi connectivity index (χ3n) is 2.55. The van der Waals surface area contributed by atoms with Crippen molar-refractivity contribution in [3.8, 4) is 0 Å². The van der Waals surface area contributed by atoms with Crippen LogP contribution >= 0.6 is 11.6 Å². The fraction of sp³-hybridized carbons (Fsp3) is 0.800. The van der Waals surface area contributed by atoms with Crippen molar-refractivity contribution in [2.75, 3.05) is 52.1 Å². The Morgan fingerprint density at radius 3 is 1.90 bits per heavy atom. The van der Waals surface area contributed by atoms with Gasteiger partial charge in [-0.2, -0.15) is 0 Å². The Labute approximate surface area is 132 Å². The smallest absolute Gasteiger partial charge is 0.330 e. The highest BCUT2D eigenvalue weighted by Crippen LogP contribution is 2.00. The maximum absolute atomic E-state index is 10.7. The molecule has 0 rings (SSSR count). The van der Waals surface area contributed by atoms with Crippen molar-refractivity contribution in [3.63, 3.8) is 0 Å². The van der Waals surface area contributed by atoms with Crippen molar-refractivity contribution in [1.29, 1.82) is 0 Å². The minimum atomic E-state index is -0.436. The number of rotatable bonds is 16. The zero-order chi connectivity index (χ0) is 15.6. The quantitative estimate of drug-likeness (QED) is 0.189. The molecule has 0 aliphatic carbocycles. The maximum Gasteiger partial charge on any atom is 0.330 e. The Morgan fingerprint density at radius 1 is 0.810 bits per heavy atom. The second kappa shape index (κ2) is 17.4. The summed E-state index contributed by atoms with van der Waals surface area (Å²) in [7, 11) is 0. The first kappa shape index (κ1) is 20.4. The van der Waals surface area contributed by atoms with E-state index in [0.717, 1.165) is 37.8 Å². The standard InChI is InChI=1S/C15H27ClO5/c1-2-15(17)21-14-13-20-12-11-19-10-9-18-8-6-4-3-5-7-16/h2H,1,3-14H2. The summed E-state index contributed by atoms with van der Waals surface area (Å²) in [4.78, 5) is 10.7. The number of halogens is 1. The van der Waals surface area contributed by atoms with Crippen molar-refractivity contribution < 1.29 is 23.7 Å². The molecule has 0 aromatic carbocycles. The van der Waals surface area contributed by atoms with Gasteiger partial charge >= 0.3 is 5.97 Å². The molecule has 0 aliphatic rings. The molecule has 0 spiro atoms. The Balaban J connectivity index is 2.99. The van der Waals surface area contributed by atoms with Gasteiger partial charge in [-0.3, -0.25) is 0 Å². The van der Waals surface area contributed by atoms with Crippen LogP contribution in [-0.2, 0) is 23.7 Å². The molecule has 0 aliphatic heterocycles. The van der Waals surface area contributed by atoms with E-state index < -0.39 is 5.97 Å². The van der Waals surface area contributed by atoms with Crippen LogP contribution in [0.15, 0.2) is 12.7 Å². The number of alkyl halides is 1. The van der Waals surface area contributed by atoms with Crippen LogP contribution in [0.5, 0.6) is 0 Å². The monoisotopic (exact) mass is 322 g/mol. The summed E-state index contributed by atoms with van der Waals surface area (Å²) in [6, 6.07) is 0. The fourth-order valence-electron chi connectivity index (χ4n) is 1.45. The summed E-state index contributed by atoms with van der Waals surface area (Å²) in [5, 5.41) is 0. The zero-order valence-electron chi connectivity index (χ0n) is 12.7. The molecule has 124 valence electrons. The molecule has 0 amide bonds. The number of esters is 1. The van der Waals surface area contributed by atoms with Crippen LogP contribution in [0.2, 0.25) is 0 Å². The van der Waals surface area contributed by atoms with E-state index in [1.165, 1.54) is 6.42 Å². The molecule has 0 fully saturated rings. The topological polar surface area (TPSA) is 54.0 Å². The van der Waals surface area contributed by atoms with Gasteiger partial charge in [0.2, 0.25) is 0 Å². The van der Waals surface area contributed by atoms with Gasteiger partial charge < -0.3 is 18.9 Å². The van der Waals surface area contributed by atoms with Crippen molar-refractivity contribution >= 4 is 17.6 Å². The second-order valence-corrected chi connectivity index (χ2v) is 4.69. The molecule has 0 atom stereocenters. The van der Waals surface area contributed by atoms with Crippen molar-refractivity contribution in [3.05, 3.63) is 12.7 Å². The predicted molar refractivity (Wildman–Crippen MR) is 82.8 cm³/mol. The van der Waals surface area contributed by atoms with Crippen LogP contribution in [0.3, 0.4) is 0 Å². The van der Waals surface area contributed by atoms with Gasteiger partial charge in [-0.05, 0) is 12.8 Å². The van der Waals surface area contributed by atoms with Gasteiger partial charge in [0.05, 0.1) is 33.0 Å². The number of unbranched alkanes of at least 4 members (excludes halogenated alkanes) is 3. The Morgan fingerprint density at radius 2 is 1.33 bits per heavy atom. The summed E-state index contributed by atoms with van der Waals surface area (Å²) < 4.78 is 20.7. The first-order chi connectivity index (χ1) is 10.3. The van der Waals surface area contributed by atoms with Crippen LogP contribution in [0.1, 0.15) is 25.7 Å². The van der Waals surface area contributed by atoms with Crippen LogP contribution in [0.25, 0.3) is 0 Å². The Hall–Kier alpha value is -0.620. The van der Waals surface area contributed by atoms with E-state index in [2.05, 4.69) is 6.58 Å². The molecular formula is C15H27ClO5. The molecule has 0 bridgehead atoms. The average molecular weight is 323 g/mol. The molecule has 0 heterocycles. The van der Waals surface area contributed by atoms with Crippen LogP contribution in [-0.4, -0.2) is 58.1 Å². The highest BCUT2D eigenvalue weighted by Gasteiger charge is 1.95. The summed E-state index contributed by atoms with van der Waals surface area (Å²) >= 11 is 5.59. The zero-order valence-corrected chi connectivity index (χ0v) is 13.4. The molecule has 21 heavy (non-hydrogen) atoms. The van der Waals surface area contributed by atoms with E-state index in [1.54, 1.807) is 0 Å². The predicted octanol–water partition coefficient (Wildman–Crippen LogP) is 2.56. The largest absolute Gasteiger partial charge is 0.460 e. The van der Waals surface area contributed by atoms with Crippen molar-refractivity contribution in [2.45, 2.75) is 25.7 Å². The Kier molecular flexibility index (Phi) is 16.9. The van der Waals surface area contributed by atoms with Gasteiger partial charge in [-0.15, -0.1) is 11.6 Å². The van der Waals surface area contributed by atoms with Gasteiger partial charge in [-0.25, -0.2) is 4.79 Å². The van der Waals surface area contributed by atoms with E-state index in [9.17, 15) is 4.79 Å². The maximum atomic E-state index is 10.7. The lowest BCUT2D eigenvalue weighted by Crippen LogP contribution is -2.13. The highest BCUT2D eigenvalue weighted by molar-refractivity contribution is 6.17. The third-order valence-corrected chi connectivity index (χ3v) is 2.82. The lowest BCUT2D eigenvalue weighted by atomic mass is 10.2. The van der Waals surface area contributed by atoms with E-state index in [0.29, 0.717) is 33.0 Å². The SMILES string of the molecule is C=CC(=O)OCCOCCOCCOCCCCCCCl. The molecule has 0 radical (unpaired) electrons. The molecule has 0 saturated heterocycles. The number of hydrogen-bond acceptors (Lipinski definition) is 5. The van der Waals surface area contributed by atoms with E-state index in [1.807, 2.05) is 0 Å². The third kappa shape index (κ3) is 17.3. The van der Waals surface area contributed by atoms with E-state index in [4.69, 9.17) is 30.5 Å². The fourth-order valence-corrected chi connectivity index (χ4v) is 1.64. The molecular weight excluding hydrogens is 296 g/mol. The summed E-state index contributed by atoms with van der Waals surface area (Å²) in [6.07, 6.45) is 5.61. The lowest BCUT2D eigenvalue weighted by Gasteiger charge is -2.07. The molecule has 0 unspecified atom stereocenters. The molecule has 5 nitrogen and oxygen atoms in total. The van der Waals surface area contributed by atoms with Gasteiger partial charge in [0.15, 0.2) is 0 Å². The Bertz CT molecular complexity index is 248. The lowest BCUT2D eigenvalue weighted by molar-refractivity contribution is -0.139. The number of hydrogen-bond donors (Lipinski definition) is 0.